The van der Waals surface area contributed by atoms with Gasteiger partial charge in [-0.2, -0.15) is 0 Å². The highest BCUT2D eigenvalue weighted by Crippen LogP contribution is 2.35. The number of aliphatic imine (C=N–C) groups is 1. The van der Waals surface area contributed by atoms with Crippen molar-refractivity contribution in [2.75, 3.05) is 7.11 Å². The lowest BCUT2D eigenvalue weighted by Crippen LogP contribution is -2.21. The van der Waals surface area contributed by atoms with Crippen LogP contribution < -0.4 is 4.74 Å². The SMILES string of the molecule is CCc1c(OC)cccc1[C@H]1N=CC(C)(C)O1. The second-order valence-electron chi connectivity index (χ2n) is 4.73. The molecule has 3 heteroatoms. The summed E-state index contributed by atoms with van der Waals surface area (Å²) in [5.74, 6) is 0.911. The minimum absolute atomic E-state index is 0.199. The van der Waals surface area contributed by atoms with Crippen molar-refractivity contribution >= 4 is 6.21 Å². The highest BCUT2D eigenvalue weighted by atomic mass is 16.5. The van der Waals surface area contributed by atoms with Crippen molar-refractivity contribution in [2.24, 2.45) is 4.99 Å². The number of methoxy groups -OCH3 is 1. The van der Waals surface area contributed by atoms with E-state index in [1.165, 1.54) is 5.56 Å². The molecule has 0 saturated heterocycles. The fourth-order valence-electron chi connectivity index (χ4n) is 2.12. The summed E-state index contributed by atoms with van der Waals surface area (Å²) in [6.07, 6.45) is 2.58. The van der Waals surface area contributed by atoms with E-state index in [0.717, 1.165) is 17.7 Å². The Morgan fingerprint density at radius 2 is 2.18 bits per heavy atom. The van der Waals surface area contributed by atoms with E-state index < -0.39 is 0 Å². The summed E-state index contributed by atoms with van der Waals surface area (Å²) >= 11 is 0. The zero-order valence-electron chi connectivity index (χ0n) is 10.9. The van der Waals surface area contributed by atoms with Crippen LogP contribution in [0.25, 0.3) is 0 Å². The maximum Gasteiger partial charge on any atom is 0.175 e. The zero-order valence-corrected chi connectivity index (χ0v) is 10.9. The van der Waals surface area contributed by atoms with Crippen LogP contribution in [-0.4, -0.2) is 18.9 Å². The van der Waals surface area contributed by atoms with Crippen molar-refractivity contribution in [3.8, 4) is 5.75 Å². The van der Waals surface area contributed by atoms with Crippen LogP contribution in [0.5, 0.6) is 5.75 Å². The first-order valence-corrected chi connectivity index (χ1v) is 5.95. The Kier molecular flexibility index (Phi) is 3.20. The van der Waals surface area contributed by atoms with E-state index in [2.05, 4.69) is 18.0 Å². The Balaban J connectivity index is 2.37. The van der Waals surface area contributed by atoms with Crippen LogP contribution in [0.4, 0.5) is 0 Å². The number of rotatable bonds is 3. The fraction of sp³-hybridized carbons (Fsp3) is 0.500. The van der Waals surface area contributed by atoms with Gasteiger partial charge in [0.1, 0.15) is 11.4 Å². The molecule has 1 aliphatic heterocycles. The quantitative estimate of drug-likeness (QED) is 0.803. The van der Waals surface area contributed by atoms with Gasteiger partial charge in [0.15, 0.2) is 6.23 Å². The third-order valence-electron chi connectivity index (χ3n) is 2.95. The molecule has 0 radical (unpaired) electrons. The van der Waals surface area contributed by atoms with Crippen molar-refractivity contribution < 1.29 is 9.47 Å². The van der Waals surface area contributed by atoms with Crippen LogP contribution in [0.1, 0.15) is 38.1 Å². The van der Waals surface area contributed by atoms with E-state index in [9.17, 15) is 0 Å². The van der Waals surface area contributed by atoms with E-state index in [1.807, 2.05) is 32.2 Å². The van der Waals surface area contributed by atoms with E-state index in [4.69, 9.17) is 9.47 Å². The third kappa shape index (κ3) is 2.34. The summed E-state index contributed by atoms with van der Waals surface area (Å²) in [6.45, 7) is 6.15. The first-order valence-electron chi connectivity index (χ1n) is 5.95. The van der Waals surface area contributed by atoms with Crippen molar-refractivity contribution in [3.63, 3.8) is 0 Å². The molecule has 0 aromatic heterocycles. The highest BCUT2D eigenvalue weighted by Gasteiger charge is 2.30. The molecule has 0 amide bonds. The van der Waals surface area contributed by atoms with Crippen molar-refractivity contribution in [1.29, 1.82) is 0 Å². The molecule has 0 bridgehead atoms. The van der Waals surface area contributed by atoms with Crippen molar-refractivity contribution in [2.45, 2.75) is 39.0 Å². The lowest BCUT2D eigenvalue weighted by molar-refractivity contribution is -0.00222. The molecule has 1 atom stereocenters. The number of benzene rings is 1. The number of nitrogens with zero attached hydrogens (tertiary/aromatic N) is 1. The van der Waals surface area contributed by atoms with Crippen molar-refractivity contribution in [3.05, 3.63) is 29.3 Å². The Bertz CT molecular complexity index is 438. The van der Waals surface area contributed by atoms with E-state index in [-0.39, 0.29) is 11.8 Å². The van der Waals surface area contributed by atoms with Gasteiger partial charge in [-0.1, -0.05) is 19.1 Å². The second kappa shape index (κ2) is 4.49. The average molecular weight is 233 g/mol. The molecule has 17 heavy (non-hydrogen) atoms. The first kappa shape index (κ1) is 12.1. The van der Waals surface area contributed by atoms with E-state index in [0.29, 0.717) is 0 Å². The van der Waals surface area contributed by atoms with Crippen LogP contribution >= 0.6 is 0 Å². The summed E-state index contributed by atoms with van der Waals surface area (Å²) in [6, 6.07) is 6.02. The summed E-state index contributed by atoms with van der Waals surface area (Å²) in [4.78, 5) is 4.44. The van der Waals surface area contributed by atoms with Gasteiger partial charge < -0.3 is 9.47 Å². The van der Waals surface area contributed by atoms with Gasteiger partial charge in [-0.15, -0.1) is 0 Å². The molecule has 92 valence electrons. The zero-order chi connectivity index (χ0) is 12.5. The summed E-state index contributed by atoms with van der Waals surface area (Å²) in [7, 11) is 1.70. The van der Waals surface area contributed by atoms with Crippen LogP contribution in [0.2, 0.25) is 0 Å². The summed E-state index contributed by atoms with van der Waals surface area (Å²) < 4.78 is 11.3. The Morgan fingerprint density at radius 1 is 1.41 bits per heavy atom. The molecule has 0 fully saturated rings. The molecule has 0 N–H and O–H groups in total. The molecule has 0 unspecified atom stereocenters. The number of ether oxygens (including phenoxy) is 2. The van der Waals surface area contributed by atoms with Gasteiger partial charge in [-0.25, -0.2) is 0 Å². The van der Waals surface area contributed by atoms with Crippen LogP contribution in [0, 0.1) is 0 Å². The maximum atomic E-state index is 5.90. The summed E-state index contributed by atoms with van der Waals surface area (Å²) in [5, 5.41) is 0. The van der Waals surface area contributed by atoms with Gasteiger partial charge in [0, 0.05) is 17.3 Å². The van der Waals surface area contributed by atoms with Gasteiger partial charge >= 0.3 is 0 Å². The van der Waals surface area contributed by atoms with Crippen LogP contribution in [0.3, 0.4) is 0 Å². The normalized spacial score (nSPS) is 21.8. The standard InChI is InChI=1S/C14H19NO2/c1-5-10-11(7-6-8-12(10)16-4)13-15-9-14(2,3)17-13/h6-9,13H,5H2,1-4H3/t13-/m0/s1. The topological polar surface area (TPSA) is 30.8 Å². The largest absolute Gasteiger partial charge is 0.496 e. The molecule has 0 saturated carbocycles. The summed E-state index contributed by atoms with van der Waals surface area (Å²) in [5.41, 5.74) is 2.00. The Morgan fingerprint density at radius 3 is 2.71 bits per heavy atom. The average Bonchev–Trinajstić information content (AvgIpc) is 2.68. The molecule has 2 rings (SSSR count). The number of hydrogen-bond acceptors (Lipinski definition) is 3. The second-order valence-corrected chi connectivity index (χ2v) is 4.73. The minimum atomic E-state index is -0.279. The predicted octanol–water partition coefficient (Wildman–Crippen LogP) is 3.14. The molecule has 1 aliphatic rings. The molecule has 1 heterocycles. The lowest BCUT2D eigenvalue weighted by atomic mass is 10.0. The Labute approximate surface area is 102 Å². The lowest BCUT2D eigenvalue weighted by Gasteiger charge is -2.20. The molecule has 1 aromatic rings. The van der Waals surface area contributed by atoms with Crippen LogP contribution in [0.15, 0.2) is 23.2 Å². The monoisotopic (exact) mass is 233 g/mol. The molecule has 1 aromatic carbocycles. The molecule has 0 spiro atoms. The molecule has 3 nitrogen and oxygen atoms in total. The van der Waals surface area contributed by atoms with Gasteiger partial charge in [0.05, 0.1) is 7.11 Å². The third-order valence-corrected chi connectivity index (χ3v) is 2.95. The smallest absolute Gasteiger partial charge is 0.175 e. The molecule has 0 aliphatic carbocycles. The minimum Gasteiger partial charge on any atom is -0.496 e. The van der Waals surface area contributed by atoms with E-state index >= 15 is 0 Å². The maximum absolute atomic E-state index is 5.90. The highest BCUT2D eigenvalue weighted by molar-refractivity contribution is 5.69. The predicted molar refractivity (Wildman–Crippen MR) is 68.8 cm³/mol. The molecular formula is C14H19NO2. The Hall–Kier alpha value is -1.35. The van der Waals surface area contributed by atoms with Crippen molar-refractivity contribution in [1.82, 2.24) is 0 Å². The molecular weight excluding hydrogens is 214 g/mol. The van der Waals surface area contributed by atoms with Gasteiger partial charge in [0.25, 0.3) is 0 Å². The van der Waals surface area contributed by atoms with Gasteiger partial charge in [-0.05, 0) is 26.3 Å². The van der Waals surface area contributed by atoms with Crippen LogP contribution in [-0.2, 0) is 11.2 Å². The van der Waals surface area contributed by atoms with Gasteiger partial charge in [-0.3, -0.25) is 4.99 Å². The van der Waals surface area contributed by atoms with E-state index in [1.54, 1.807) is 7.11 Å². The van der Waals surface area contributed by atoms with Gasteiger partial charge in [0.2, 0.25) is 0 Å². The number of hydrogen-bond donors (Lipinski definition) is 0. The first-order chi connectivity index (χ1) is 8.07. The fourth-order valence-corrected chi connectivity index (χ4v) is 2.12.